The summed E-state index contributed by atoms with van der Waals surface area (Å²) < 4.78 is 6.36. The minimum atomic E-state index is -0.513. The molecule has 2 aromatic rings. The Labute approximate surface area is 109 Å². The van der Waals surface area contributed by atoms with Gasteiger partial charge in [-0.05, 0) is 25.0 Å². The number of methoxy groups -OCH3 is 1. The molecular formula is C14H14N2O3. The van der Waals surface area contributed by atoms with Crippen LogP contribution in [0.15, 0.2) is 35.4 Å². The molecule has 1 saturated carbocycles. The summed E-state index contributed by atoms with van der Waals surface area (Å²) in [6.45, 7) is 0.366. The van der Waals surface area contributed by atoms with Gasteiger partial charge in [-0.25, -0.2) is 0 Å². The quantitative estimate of drug-likeness (QED) is 0.780. The number of pyridine rings is 2. The Balaban J connectivity index is 2.01. The number of hydrogen-bond acceptors (Lipinski definition) is 4. The van der Waals surface area contributed by atoms with E-state index >= 15 is 0 Å². The number of hydrogen-bond donors (Lipinski definition) is 0. The van der Waals surface area contributed by atoms with E-state index in [-0.39, 0.29) is 11.5 Å². The molecule has 0 saturated heterocycles. The third-order valence-electron chi connectivity index (χ3n) is 3.68. The molecule has 0 amide bonds. The molecule has 98 valence electrons. The predicted molar refractivity (Wildman–Crippen MR) is 69.7 cm³/mol. The van der Waals surface area contributed by atoms with Crippen LogP contribution in [0.3, 0.4) is 0 Å². The highest BCUT2D eigenvalue weighted by molar-refractivity contribution is 5.80. The topological polar surface area (TPSA) is 61.2 Å². The summed E-state index contributed by atoms with van der Waals surface area (Å²) in [4.78, 5) is 28.1. The van der Waals surface area contributed by atoms with Gasteiger partial charge in [0.1, 0.15) is 5.52 Å². The van der Waals surface area contributed by atoms with Crippen LogP contribution in [0.5, 0.6) is 0 Å². The third kappa shape index (κ3) is 1.91. The molecule has 5 heteroatoms. The molecule has 1 aliphatic carbocycles. The normalized spacial score (nSPS) is 16.3. The molecule has 1 fully saturated rings. The summed E-state index contributed by atoms with van der Waals surface area (Å²) in [6, 6.07) is 5.49. The van der Waals surface area contributed by atoms with E-state index in [0.29, 0.717) is 12.1 Å². The van der Waals surface area contributed by atoms with Gasteiger partial charge in [-0.1, -0.05) is 6.07 Å². The summed E-state index contributed by atoms with van der Waals surface area (Å²) in [5.74, 6) is -0.236. The van der Waals surface area contributed by atoms with Crippen molar-refractivity contribution in [2.75, 3.05) is 7.11 Å². The highest BCUT2D eigenvalue weighted by Gasteiger charge is 2.51. The van der Waals surface area contributed by atoms with Crippen molar-refractivity contribution >= 4 is 16.9 Å². The fraction of sp³-hybridized carbons (Fsp3) is 0.357. The van der Waals surface area contributed by atoms with E-state index < -0.39 is 5.41 Å². The number of esters is 1. The molecule has 3 rings (SSSR count). The Morgan fingerprint density at radius 3 is 2.95 bits per heavy atom. The molecule has 1 aliphatic rings. The minimum Gasteiger partial charge on any atom is -0.469 e. The van der Waals surface area contributed by atoms with E-state index in [1.54, 1.807) is 23.0 Å². The number of carbonyl (C=O) groups excluding carboxylic acids is 1. The van der Waals surface area contributed by atoms with Crippen molar-refractivity contribution in [3.8, 4) is 0 Å². The van der Waals surface area contributed by atoms with Gasteiger partial charge >= 0.3 is 5.97 Å². The second-order valence-corrected chi connectivity index (χ2v) is 4.96. The minimum absolute atomic E-state index is 0.159. The maximum atomic E-state index is 12.3. The van der Waals surface area contributed by atoms with E-state index in [9.17, 15) is 9.59 Å². The molecule has 0 aromatic carbocycles. The fourth-order valence-electron chi connectivity index (χ4n) is 2.35. The third-order valence-corrected chi connectivity index (χ3v) is 3.68. The molecule has 19 heavy (non-hydrogen) atoms. The van der Waals surface area contributed by atoms with Crippen molar-refractivity contribution in [2.24, 2.45) is 5.41 Å². The van der Waals surface area contributed by atoms with Gasteiger partial charge in [0.15, 0.2) is 0 Å². The zero-order valence-corrected chi connectivity index (χ0v) is 10.6. The van der Waals surface area contributed by atoms with E-state index in [1.807, 2.05) is 12.1 Å². The first-order valence-electron chi connectivity index (χ1n) is 6.19. The predicted octanol–water partition coefficient (Wildman–Crippen LogP) is 1.35. The first-order valence-corrected chi connectivity index (χ1v) is 6.19. The Hall–Kier alpha value is -2.17. The van der Waals surface area contributed by atoms with Gasteiger partial charge in [-0.3, -0.25) is 14.6 Å². The van der Waals surface area contributed by atoms with Crippen molar-refractivity contribution < 1.29 is 9.53 Å². The zero-order valence-electron chi connectivity index (χ0n) is 10.6. The second-order valence-electron chi connectivity index (χ2n) is 4.96. The lowest BCUT2D eigenvalue weighted by Crippen LogP contribution is -2.29. The van der Waals surface area contributed by atoms with Crippen LogP contribution in [0.2, 0.25) is 0 Å². The molecule has 5 nitrogen and oxygen atoms in total. The molecule has 0 unspecified atom stereocenters. The Bertz CT molecular complexity index is 701. The lowest BCUT2D eigenvalue weighted by Gasteiger charge is -2.14. The lowest BCUT2D eigenvalue weighted by atomic mass is 10.1. The van der Waals surface area contributed by atoms with Gasteiger partial charge in [0.05, 0.1) is 12.5 Å². The van der Waals surface area contributed by atoms with E-state index in [1.165, 1.54) is 7.11 Å². The summed E-state index contributed by atoms with van der Waals surface area (Å²) in [7, 11) is 1.38. The van der Waals surface area contributed by atoms with E-state index in [0.717, 1.165) is 18.2 Å². The average molecular weight is 258 g/mol. The molecule has 0 spiro atoms. The van der Waals surface area contributed by atoms with Gasteiger partial charge in [-0.2, -0.15) is 0 Å². The zero-order chi connectivity index (χ0) is 13.5. The largest absolute Gasteiger partial charge is 0.469 e. The first kappa shape index (κ1) is 11.9. The standard InChI is InChI=1S/C14H14N2O3/c1-19-13(18)14(5-6-14)9-16-8-4-10-3-2-7-15-11(10)12(16)17/h2-4,7-8H,5-6,9H2,1H3. The Kier molecular flexibility index (Phi) is 2.62. The van der Waals surface area contributed by atoms with Crippen molar-refractivity contribution in [2.45, 2.75) is 19.4 Å². The fourth-order valence-corrected chi connectivity index (χ4v) is 2.35. The summed E-state index contributed by atoms with van der Waals surface area (Å²) in [5.41, 5.74) is -0.236. The average Bonchev–Trinajstić information content (AvgIpc) is 3.22. The molecule has 2 aromatic heterocycles. The number of aromatic nitrogens is 2. The molecule has 0 bridgehead atoms. The van der Waals surface area contributed by atoms with Crippen LogP contribution < -0.4 is 5.56 Å². The second kappa shape index (κ2) is 4.19. The van der Waals surface area contributed by atoms with Crippen LogP contribution in [-0.2, 0) is 16.1 Å². The number of carbonyl (C=O) groups is 1. The van der Waals surface area contributed by atoms with Gasteiger partial charge in [0.2, 0.25) is 0 Å². The number of fused-ring (bicyclic) bond motifs is 1. The summed E-state index contributed by atoms with van der Waals surface area (Å²) in [5, 5.41) is 0.812. The Morgan fingerprint density at radius 1 is 1.47 bits per heavy atom. The van der Waals surface area contributed by atoms with Crippen LogP contribution in [0.25, 0.3) is 10.9 Å². The van der Waals surface area contributed by atoms with Crippen molar-refractivity contribution in [3.05, 3.63) is 40.9 Å². The van der Waals surface area contributed by atoms with Crippen LogP contribution in [0.4, 0.5) is 0 Å². The lowest BCUT2D eigenvalue weighted by molar-refractivity contribution is -0.147. The van der Waals surface area contributed by atoms with Crippen molar-refractivity contribution in [1.29, 1.82) is 0 Å². The van der Waals surface area contributed by atoms with Crippen molar-refractivity contribution in [3.63, 3.8) is 0 Å². The van der Waals surface area contributed by atoms with Gasteiger partial charge < -0.3 is 9.30 Å². The van der Waals surface area contributed by atoms with Crippen LogP contribution in [0, 0.1) is 5.41 Å². The van der Waals surface area contributed by atoms with Crippen LogP contribution >= 0.6 is 0 Å². The number of nitrogens with zero attached hydrogens (tertiary/aromatic N) is 2. The van der Waals surface area contributed by atoms with Gasteiger partial charge in [0, 0.05) is 24.3 Å². The number of ether oxygens (including phenoxy) is 1. The smallest absolute Gasteiger partial charge is 0.313 e. The molecule has 0 aliphatic heterocycles. The van der Waals surface area contributed by atoms with Crippen molar-refractivity contribution in [1.82, 2.24) is 9.55 Å². The Morgan fingerprint density at radius 2 is 2.26 bits per heavy atom. The van der Waals surface area contributed by atoms with Crippen LogP contribution in [-0.4, -0.2) is 22.6 Å². The summed E-state index contributed by atoms with van der Waals surface area (Å²) in [6.07, 6.45) is 4.86. The first-order chi connectivity index (χ1) is 9.16. The molecule has 0 atom stereocenters. The van der Waals surface area contributed by atoms with Crippen LogP contribution in [0.1, 0.15) is 12.8 Å². The van der Waals surface area contributed by atoms with Gasteiger partial charge in [-0.15, -0.1) is 0 Å². The maximum absolute atomic E-state index is 12.3. The molecular weight excluding hydrogens is 244 g/mol. The summed E-state index contributed by atoms with van der Waals surface area (Å²) >= 11 is 0. The number of rotatable bonds is 3. The van der Waals surface area contributed by atoms with Gasteiger partial charge in [0.25, 0.3) is 5.56 Å². The molecule has 2 heterocycles. The molecule has 0 N–H and O–H groups in total. The highest BCUT2D eigenvalue weighted by atomic mass is 16.5. The highest BCUT2D eigenvalue weighted by Crippen LogP contribution is 2.47. The monoisotopic (exact) mass is 258 g/mol. The maximum Gasteiger partial charge on any atom is 0.313 e. The van der Waals surface area contributed by atoms with E-state index in [2.05, 4.69) is 4.98 Å². The SMILES string of the molecule is COC(=O)C1(Cn2ccc3cccnc3c2=O)CC1. The molecule has 0 radical (unpaired) electrons. The van der Waals surface area contributed by atoms with E-state index in [4.69, 9.17) is 4.74 Å².